The Labute approximate surface area is 127 Å². The highest BCUT2D eigenvalue weighted by molar-refractivity contribution is 6.29. The third-order valence-electron chi connectivity index (χ3n) is 3.85. The van der Waals surface area contributed by atoms with Crippen LogP contribution in [-0.4, -0.2) is 16.6 Å². The number of hydrogen-bond acceptors (Lipinski definition) is 3. The van der Waals surface area contributed by atoms with Crippen LogP contribution in [-0.2, 0) is 16.8 Å². The van der Waals surface area contributed by atoms with Gasteiger partial charge in [-0.1, -0.05) is 44.7 Å². The third kappa shape index (κ3) is 3.70. The molecule has 1 saturated carbocycles. The van der Waals surface area contributed by atoms with E-state index in [1.807, 2.05) is 13.0 Å². The Morgan fingerprint density at radius 1 is 1.25 bits per heavy atom. The Bertz CT molecular complexity index is 437. The van der Waals surface area contributed by atoms with Gasteiger partial charge in [0.15, 0.2) is 5.82 Å². The lowest BCUT2D eigenvalue weighted by Crippen LogP contribution is -2.35. The van der Waals surface area contributed by atoms with E-state index in [0.717, 1.165) is 30.8 Å². The predicted molar refractivity (Wildman–Crippen MR) is 82.0 cm³/mol. The molecule has 112 valence electrons. The molecule has 1 aromatic rings. The Morgan fingerprint density at radius 3 is 2.55 bits per heavy atom. The molecule has 3 nitrogen and oxygen atoms in total. The summed E-state index contributed by atoms with van der Waals surface area (Å²) in [5, 5.41) is 0.537. The zero-order valence-corrected chi connectivity index (χ0v) is 13.5. The molecule has 0 unspecified atom stereocenters. The number of hydrogen-bond donors (Lipinski definition) is 0. The SMILES string of the molecule is CCOC1(c2nc(Cl)cc(CC(C)C)n2)CCCCC1. The van der Waals surface area contributed by atoms with Crippen LogP contribution in [0.25, 0.3) is 0 Å². The second-order valence-electron chi connectivity index (χ2n) is 6.09. The fourth-order valence-electron chi connectivity index (χ4n) is 3.02. The van der Waals surface area contributed by atoms with E-state index in [4.69, 9.17) is 21.3 Å². The van der Waals surface area contributed by atoms with Gasteiger partial charge < -0.3 is 4.74 Å². The summed E-state index contributed by atoms with van der Waals surface area (Å²) in [6.07, 6.45) is 6.56. The molecule has 20 heavy (non-hydrogen) atoms. The Kier molecular flexibility index (Phi) is 5.39. The summed E-state index contributed by atoms with van der Waals surface area (Å²) in [6, 6.07) is 1.88. The van der Waals surface area contributed by atoms with E-state index in [1.54, 1.807) is 0 Å². The van der Waals surface area contributed by atoms with Crippen molar-refractivity contribution in [1.82, 2.24) is 9.97 Å². The minimum atomic E-state index is -0.316. The van der Waals surface area contributed by atoms with E-state index >= 15 is 0 Å². The number of nitrogens with zero attached hydrogens (tertiary/aromatic N) is 2. The molecule has 0 atom stereocenters. The molecule has 0 aromatic carbocycles. The summed E-state index contributed by atoms with van der Waals surface area (Å²) in [7, 11) is 0. The maximum Gasteiger partial charge on any atom is 0.162 e. The first kappa shape index (κ1) is 15.7. The Morgan fingerprint density at radius 2 is 1.95 bits per heavy atom. The van der Waals surface area contributed by atoms with Crippen LogP contribution in [0.5, 0.6) is 0 Å². The molecule has 1 aliphatic carbocycles. The van der Waals surface area contributed by atoms with Crippen LogP contribution in [0.15, 0.2) is 6.07 Å². The van der Waals surface area contributed by atoms with Crippen molar-refractivity contribution in [2.75, 3.05) is 6.61 Å². The largest absolute Gasteiger partial charge is 0.367 e. The average Bonchev–Trinajstić information content (AvgIpc) is 2.38. The van der Waals surface area contributed by atoms with Gasteiger partial charge in [0.25, 0.3) is 0 Å². The number of ether oxygens (including phenoxy) is 1. The van der Waals surface area contributed by atoms with Crippen LogP contribution >= 0.6 is 11.6 Å². The van der Waals surface area contributed by atoms with Crippen LogP contribution < -0.4 is 0 Å². The molecule has 0 radical (unpaired) electrons. The summed E-state index contributed by atoms with van der Waals surface area (Å²) in [6.45, 7) is 7.11. The zero-order valence-electron chi connectivity index (χ0n) is 12.8. The number of halogens is 1. The molecule has 0 saturated heterocycles. The lowest BCUT2D eigenvalue weighted by molar-refractivity contribution is -0.0768. The van der Waals surface area contributed by atoms with Gasteiger partial charge in [-0.3, -0.25) is 0 Å². The quantitative estimate of drug-likeness (QED) is 0.749. The van der Waals surface area contributed by atoms with Crippen molar-refractivity contribution in [2.45, 2.75) is 64.9 Å². The van der Waals surface area contributed by atoms with Gasteiger partial charge in [-0.15, -0.1) is 0 Å². The molecule has 0 N–H and O–H groups in total. The molecule has 1 fully saturated rings. The lowest BCUT2D eigenvalue weighted by Gasteiger charge is -2.35. The molecule has 1 heterocycles. The fourth-order valence-corrected chi connectivity index (χ4v) is 3.23. The van der Waals surface area contributed by atoms with Gasteiger partial charge in [0.1, 0.15) is 10.8 Å². The van der Waals surface area contributed by atoms with E-state index in [0.29, 0.717) is 17.7 Å². The molecule has 1 aliphatic rings. The molecule has 2 rings (SSSR count). The van der Waals surface area contributed by atoms with Crippen molar-refractivity contribution in [1.29, 1.82) is 0 Å². The third-order valence-corrected chi connectivity index (χ3v) is 4.05. The molecule has 0 aliphatic heterocycles. The minimum Gasteiger partial charge on any atom is -0.367 e. The average molecular weight is 297 g/mol. The van der Waals surface area contributed by atoms with Gasteiger partial charge in [0, 0.05) is 12.3 Å². The smallest absolute Gasteiger partial charge is 0.162 e. The first-order valence-corrected chi connectivity index (χ1v) is 8.11. The van der Waals surface area contributed by atoms with Crippen molar-refractivity contribution in [3.8, 4) is 0 Å². The lowest BCUT2D eigenvalue weighted by atomic mass is 9.83. The molecule has 0 spiro atoms. The minimum absolute atomic E-state index is 0.316. The van der Waals surface area contributed by atoms with Gasteiger partial charge in [-0.05, 0) is 38.2 Å². The molecule has 0 bridgehead atoms. The van der Waals surface area contributed by atoms with Crippen molar-refractivity contribution >= 4 is 11.6 Å². The van der Waals surface area contributed by atoms with Gasteiger partial charge in [0.2, 0.25) is 0 Å². The standard InChI is InChI=1S/C16H25ClN2O/c1-4-20-16(8-6-5-7-9-16)15-18-13(10-12(2)3)11-14(17)19-15/h11-12H,4-10H2,1-3H3. The molecule has 0 amide bonds. The van der Waals surface area contributed by atoms with E-state index in [9.17, 15) is 0 Å². The Hall–Kier alpha value is -0.670. The number of rotatable bonds is 5. The molecule has 1 aromatic heterocycles. The van der Waals surface area contributed by atoms with Crippen molar-refractivity contribution in [2.24, 2.45) is 5.92 Å². The second-order valence-corrected chi connectivity index (χ2v) is 6.48. The summed E-state index contributed by atoms with van der Waals surface area (Å²) >= 11 is 6.21. The zero-order chi connectivity index (χ0) is 14.6. The van der Waals surface area contributed by atoms with Crippen LogP contribution in [0.2, 0.25) is 5.15 Å². The van der Waals surface area contributed by atoms with Crippen molar-refractivity contribution in [3.63, 3.8) is 0 Å². The topological polar surface area (TPSA) is 35.0 Å². The highest BCUT2D eigenvalue weighted by Crippen LogP contribution is 2.39. The Balaban J connectivity index is 2.34. The maximum atomic E-state index is 6.21. The van der Waals surface area contributed by atoms with Crippen molar-refractivity contribution in [3.05, 3.63) is 22.7 Å². The van der Waals surface area contributed by atoms with Gasteiger partial charge in [-0.2, -0.15) is 0 Å². The summed E-state index contributed by atoms with van der Waals surface area (Å²) in [4.78, 5) is 9.25. The molecular formula is C16H25ClN2O. The van der Waals surface area contributed by atoms with E-state index in [2.05, 4.69) is 18.8 Å². The van der Waals surface area contributed by atoms with Crippen LogP contribution in [0.3, 0.4) is 0 Å². The summed E-state index contributed by atoms with van der Waals surface area (Å²) in [5.41, 5.74) is 0.712. The predicted octanol–water partition coefficient (Wildman–Crippen LogP) is 4.52. The number of aromatic nitrogens is 2. The van der Waals surface area contributed by atoms with E-state index < -0.39 is 0 Å². The van der Waals surface area contributed by atoms with Crippen molar-refractivity contribution < 1.29 is 4.74 Å². The van der Waals surface area contributed by atoms with Crippen LogP contribution in [0, 0.1) is 5.92 Å². The first-order chi connectivity index (χ1) is 9.55. The normalized spacial score (nSPS) is 18.4. The highest BCUT2D eigenvalue weighted by atomic mass is 35.5. The highest BCUT2D eigenvalue weighted by Gasteiger charge is 2.37. The van der Waals surface area contributed by atoms with Gasteiger partial charge >= 0.3 is 0 Å². The van der Waals surface area contributed by atoms with E-state index in [-0.39, 0.29) is 5.60 Å². The van der Waals surface area contributed by atoms with Crippen LogP contribution in [0.1, 0.15) is 64.4 Å². The van der Waals surface area contributed by atoms with Crippen LogP contribution in [0.4, 0.5) is 0 Å². The first-order valence-electron chi connectivity index (χ1n) is 7.73. The monoisotopic (exact) mass is 296 g/mol. The summed E-state index contributed by atoms with van der Waals surface area (Å²) in [5.74, 6) is 1.35. The molecule has 4 heteroatoms. The van der Waals surface area contributed by atoms with Gasteiger partial charge in [0.05, 0.1) is 0 Å². The second kappa shape index (κ2) is 6.86. The fraction of sp³-hybridized carbons (Fsp3) is 0.750. The molecular weight excluding hydrogens is 272 g/mol. The summed E-state index contributed by atoms with van der Waals surface area (Å²) < 4.78 is 6.09. The van der Waals surface area contributed by atoms with Gasteiger partial charge in [-0.25, -0.2) is 9.97 Å². The maximum absolute atomic E-state index is 6.21. The van der Waals surface area contributed by atoms with E-state index in [1.165, 1.54) is 19.3 Å².